The summed E-state index contributed by atoms with van der Waals surface area (Å²) in [4.78, 5) is 14.4. The number of nitrogens with zero attached hydrogens (tertiary/aromatic N) is 1. The lowest BCUT2D eigenvalue weighted by atomic mass is 9.91. The number of carbonyl (C=O) groups is 1. The molecule has 0 unspecified atom stereocenters. The molecule has 0 radical (unpaired) electrons. The summed E-state index contributed by atoms with van der Waals surface area (Å²) in [6.07, 6.45) is 7.04. The lowest BCUT2D eigenvalue weighted by molar-refractivity contribution is -0.130. The van der Waals surface area contributed by atoms with E-state index in [0.29, 0.717) is 12.2 Å². The minimum atomic E-state index is -0.274. The fourth-order valence-electron chi connectivity index (χ4n) is 2.17. The summed E-state index contributed by atoms with van der Waals surface area (Å²) in [5.41, 5.74) is -0.274. The van der Waals surface area contributed by atoms with E-state index in [2.05, 4.69) is 25.3 Å². The van der Waals surface area contributed by atoms with Gasteiger partial charge in [-0.1, -0.05) is 12.5 Å². The summed E-state index contributed by atoms with van der Waals surface area (Å²) >= 11 is 0. The van der Waals surface area contributed by atoms with E-state index in [0.717, 1.165) is 19.5 Å². The van der Waals surface area contributed by atoms with Gasteiger partial charge < -0.3 is 0 Å². The van der Waals surface area contributed by atoms with Gasteiger partial charge in [0, 0.05) is 6.42 Å². The first-order valence-electron chi connectivity index (χ1n) is 5.98. The molecule has 0 bridgehead atoms. The molecule has 0 aliphatic carbocycles. The minimum Gasteiger partial charge on any atom is -0.298 e. The normalized spacial score (nSPS) is 18.8. The van der Waals surface area contributed by atoms with Gasteiger partial charge >= 0.3 is 0 Å². The van der Waals surface area contributed by atoms with Crippen molar-refractivity contribution < 1.29 is 4.79 Å². The third-order valence-corrected chi connectivity index (χ3v) is 3.40. The highest BCUT2D eigenvalue weighted by atomic mass is 16.1. The fraction of sp³-hybridized carbons (Fsp3) is 0.769. The summed E-state index contributed by atoms with van der Waals surface area (Å²) in [5, 5.41) is 0. The highest BCUT2D eigenvalue weighted by Crippen LogP contribution is 2.23. The third-order valence-electron chi connectivity index (χ3n) is 3.40. The molecule has 0 atom stereocenters. The Morgan fingerprint density at radius 3 is 2.47 bits per heavy atom. The van der Waals surface area contributed by atoms with E-state index < -0.39 is 0 Å². The van der Waals surface area contributed by atoms with Crippen LogP contribution in [0.25, 0.3) is 0 Å². The van der Waals surface area contributed by atoms with Crippen LogP contribution in [0.15, 0.2) is 12.7 Å². The lowest BCUT2D eigenvalue weighted by Gasteiger charge is -2.39. The van der Waals surface area contributed by atoms with Crippen LogP contribution < -0.4 is 0 Å². The molecule has 1 fully saturated rings. The molecule has 0 amide bonds. The lowest BCUT2D eigenvalue weighted by Crippen LogP contribution is -2.52. The van der Waals surface area contributed by atoms with Crippen LogP contribution in [0.4, 0.5) is 0 Å². The van der Waals surface area contributed by atoms with E-state index in [9.17, 15) is 4.79 Å². The Kier molecular flexibility index (Phi) is 4.52. The highest BCUT2D eigenvalue weighted by molar-refractivity contribution is 5.87. The van der Waals surface area contributed by atoms with E-state index in [-0.39, 0.29) is 5.54 Å². The summed E-state index contributed by atoms with van der Waals surface area (Å²) in [7, 11) is 0. The standard InChI is InChI=1S/C13H23NO/c1-4-5-9-12(15)13(2,3)14-10-7-6-8-11-14/h4H,1,5-11H2,2-3H3. The molecule has 1 saturated heterocycles. The van der Waals surface area contributed by atoms with Crippen LogP contribution >= 0.6 is 0 Å². The molecule has 1 aliphatic rings. The van der Waals surface area contributed by atoms with Crippen molar-refractivity contribution in [1.82, 2.24) is 4.90 Å². The minimum absolute atomic E-state index is 0.274. The van der Waals surface area contributed by atoms with Crippen molar-refractivity contribution in [2.24, 2.45) is 0 Å². The zero-order valence-corrected chi connectivity index (χ0v) is 10.1. The van der Waals surface area contributed by atoms with E-state index in [1.165, 1.54) is 19.3 Å². The monoisotopic (exact) mass is 209 g/mol. The van der Waals surface area contributed by atoms with Crippen molar-refractivity contribution in [2.45, 2.75) is 51.5 Å². The van der Waals surface area contributed by atoms with E-state index in [1.807, 2.05) is 6.08 Å². The maximum absolute atomic E-state index is 12.0. The molecule has 2 heteroatoms. The number of Topliss-reactive ketones (excluding diaryl/α,β-unsaturated/α-hetero) is 1. The molecule has 0 aromatic heterocycles. The summed E-state index contributed by atoms with van der Waals surface area (Å²) < 4.78 is 0. The van der Waals surface area contributed by atoms with Gasteiger partial charge in [-0.3, -0.25) is 9.69 Å². The van der Waals surface area contributed by atoms with Gasteiger partial charge in [0.05, 0.1) is 5.54 Å². The number of allylic oxidation sites excluding steroid dienone is 1. The van der Waals surface area contributed by atoms with Crippen LogP contribution in [0, 0.1) is 0 Å². The third kappa shape index (κ3) is 3.16. The highest BCUT2D eigenvalue weighted by Gasteiger charge is 2.33. The van der Waals surface area contributed by atoms with Gasteiger partial charge in [0.25, 0.3) is 0 Å². The van der Waals surface area contributed by atoms with Crippen LogP contribution in [-0.4, -0.2) is 29.3 Å². The first-order chi connectivity index (χ1) is 7.09. The molecule has 0 saturated carbocycles. The van der Waals surface area contributed by atoms with E-state index >= 15 is 0 Å². The van der Waals surface area contributed by atoms with E-state index in [4.69, 9.17) is 0 Å². The quantitative estimate of drug-likeness (QED) is 0.649. The van der Waals surface area contributed by atoms with Crippen molar-refractivity contribution >= 4 is 5.78 Å². The largest absolute Gasteiger partial charge is 0.298 e. The molecule has 1 aliphatic heterocycles. The second-order valence-corrected chi connectivity index (χ2v) is 4.86. The zero-order chi connectivity index (χ0) is 11.3. The van der Waals surface area contributed by atoms with Gasteiger partial charge in [-0.25, -0.2) is 0 Å². The molecule has 0 aromatic rings. The number of ketones is 1. The molecule has 86 valence electrons. The molecule has 0 N–H and O–H groups in total. The number of hydrogen-bond donors (Lipinski definition) is 0. The Morgan fingerprint density at radius 1 is 1.33 bits per heavy atom. The molecule has 1 rings (SSSR count). The van der Waals surface area contributed by atoms with Gasteiger partial charge in [0.1, 0.15) is 0 Å². The van der Waals surface area contributed by atoms with Gasteiger partial charge in [-0.2, -0.15) is 0 Å². The molecule has 2 nitrogen and oxygen atoms in total. The van der Waals surface area contributed by atoms with Crippen molar-refractivity contribution in [3.8, 4) is 0 Å². The van der Waals surface area contributed by atoms with Crippen LogP contribution in [-0.2, 0) is 4.79 Å². The number of likely N-dealkylation sites (tertiary alicyclic amines) is 1. The number of piperidine rings is 1. The molecular formula is C13H23NO. The van der Waals surface area contributed by atoms with Crippen LogP contribution in [0.5, 0.6) is 0 Å². The summed E-state index contributed by atoms with van der Waals surface area (Å²) in [6.45, 7) is 9.93. The van der Waals surface area contributed by atoms with Crippen molar-refractivity contribution in [3.63, 3.8) is 0 Å². The SMILES string of the molecule is C=CCCC(=O)C(C)(C)N1CCCCC1. The van der Waals surface area contributed by atoms with Crippen molar-refractivity contribution in [2.75, 3.05) is 13.1 Å². The second kappa shape index (κ2) is 5.45. The van der Waals surface area contributed by atoms with E-state index in [1.54, 1.807) is 0 Å². The van der Waals surface area contributed by atoms with Crippen LogP contribution in [0.1, 0.15) is 46.0 Å². The maximum Gasteiger partial charge on any atom is 0.152 e. The molecule has 15 heavy (non-hydrogen) atoms. The summed E-state index contributed by atoms with van der Waals surface area (Å²) in [6, 6.07) is 0. The van der Waals surface area contributed by atoms with Crippen molar-refractivity contribution in [1.29, 1.82) is 0 Å². The fourth-order valence-corrected chi connectivity index (χ4v) is 2.17. The van der Waals surface area contributed by atoms with Crippen LogP contribution in [0.2, 0.25) is 0 Å². The molecular weight excluding hydrogens is 186 g/mol. The molecule has 0 aromatic carbocycles. The molecule has 0 spiro atoms. The predicted octanol–water partition coefficient (Wildman–Crippen LogP) is 2.79. The van der Waals surface area contributed by atoms with Gasteiger partial charge in [0.2, 0.25) is 0 Å². The number of rotatable bonds is 5. The smallest absolute Gasteiger partial charge is 0.152 e. The first kappa shape index (κ1) is 12.4. The number of carbonyl (C=O) groups excluding carboxylic acids is 1. The first-order valence-corrected chi connectivity index (χ1v) is 5.98. The summed E-state index contributed by atoms with van der Waals surface area (Å²) in [5.74, 6) is 0.351. The average molecular weight is 209 g/mol. The van der Waals surface area contributed by atoms with Gasteiger partial charge in [-0.05, 0) is 46.2 Å². The van der Waals surface area contributed by atoms with Gasteiger partial charge in [-0.15, -0.1) is 6.58 Å². The Balaban J connectivity index is 2.54. The van der Waals surface area contributed by atoms with Gasteiger partial charge in [0.15, 0.2) is 5.78 Å². The topological polar surface area (TPSA) is 20.3 Å². The average Bonchev–Trinajstić information content (AvgIpc) is 2.27. The molecule has 1 heterocycles. The Bertz CT molecular complexity index is 227. The predicted molar refractivity (Wildman–Crippen MR) is 63.9 cm³/mol. The second-order valence-electron chi connectivity index (χ2n) is 4.86. The van der Waals surface area contributed by atoms with Crippen LogP contribution in [0.3, 0.4) is 0 Å². The Morgan fingerprint density at radius 2 is 1.93 bits per heavy atom. The zero-order valence-electron chi connectivity index (χ0n) is 10.1. The van der Waals surface area contributed by atoms with Crippen molar-refractivity contribution in [3.05, 3.63) is 12.7 Å². The maximum atomic E-state index is 12.0. The Hall–Kier alpha value is -0.630. The number of hydrogen-bond acceptors (Lipinski definition) is 2. The Labute approximate surface area is 93.3 Å².